The number of hydrogen-bond donors (Lipinski definition) is 2. The molecule has 0 aromatic carbocycles. The maximum Gasteiger partial charge on any atom is 0.317 e. The Labute approximate surface area is 125 Å². The summed E-state index contributed by atoms with van der Waals surface area (Å²) in [6.45, 7) is 6.06. The van der Waals surface area contributed by atoms with Gasteiger partial charge in [-0.25, -0.2) is 4.79 Å². The summed E-state index contributed by atoms with van der Waals surface area (Å²) < 4.78 is 5.28. The number of nitrogens with one attached hydrogen (secondary N) is 1. The third kappa shape index (κ3) is 4.31. The second-order valence-corrected chi connectivity index (χ2v) is 5.63. The van der Waals surface area contributed by atoms with Gasteiger partial charge in [0, 0.05) is 19.1 Å². The lowest BCUT2D eigenvalue weighted by Crippen LogP contribution is -2.54. The summed E-state index contributed by atoms with van der Waals surface area (Å²) in [6, 6.07) is -0.146. The molecule has 2 aliphatic heterocycles. The van der Waals surface area contributed by atoms with Crippen molar-refractivity contribution >= 4 is 12.0 Å². The normalized spacial score (nSPS) is 26.8. The number of morpholine rings is 1. The molecule has 2 unspecified atom stereocenters. The summed E-state index contributed by atoms with van der Waals surface area (Å²) in [5, 5.41) is 11.9. The molecule has 120 valence electrons. The average Bonchev–Trinajstić information content (AvgIpc) is 2.92. The minimum atomic E-state index is -0.906. The van der Waals surface area contributed by atoms with Crippen LogP contribution in [0.5, 0.6) is 0 Å². The van der Waals surface area contributed by atoms with Crippen molar-refractivity contribution in [3.8, 4) is 0 Å². The molecule has 21 heavy (non-hydrogen) atoms. The number of carbonyl (C=O) groups is 2. The number of nitrogens with zero attached hydrogens (tertiary/aromatic N) is 2. The van der Waals surface area contributed by atoms with Crippen molar-refractivity contribution < 1.29 is 19.4 Å². The summed E-state index contributed by atoms with van der Waals surface area (Å²) in [7, 11) is 0. The van der Waals surface area contributed by atoms with E-state index in [1.54, 1.807) is 4.90 Å². The number of carbonyl (C=O) groups excluding carboxylic acids is 1. The smallest absolute Gasteiger partial charge is 0.317 e. The molecule has 0 aromatic heterocycles. The van der Waals surface area contributed by atoms with E-state index < -0.39 is 5.97 Å². The van der Waals surface area contributed by atoms with Gasteiger partial charge in [-0.3, -0.25) is 9.69 Å². The molecule has 0 aliphatic carbocycles. The first-order valence-electron chi connectivity index (χ1n) is 7.70. The molecule has 2 N–H and O–H groups in total. The summed E-state index contributed by atoms with van der Waals surface area (Å²) in [6.07, 6.45) is 2.21. The molecule has 2 rings (SSSR count). The number of aliphatic carboxylic acids is 1. The molecule has 0 radical (unpaired) electrons. The Morgan fingerprint density at radius 3 is 2.86 bits per heavy atom. The van der Waals surface area contributed by atoms with Gasteiger partial charge < -0.3 is 20.1 Å². The van der Waals surface area contributed by atoms with E-state index in [0.717, 1.165) is 19.5 Å². The molecule has 0 saturated carbocycles. The van der Waals surface area contributed by atoms with Gasteiger partial charge in [0.1, 0.15) is 0 Å². The SMILES string of the molecule is CCN1CCCC1CNC(=O)N1CCOCC1CC(=O)O. The highest BCUT2D eigenvalue weighted by Crippen LogP contribution is 2.16. The minimum Gasteiger partial charge on any atom is -0.481 e. The van der Waals surface area contributed by atoms with Crippen molar-refractivity contribution in [2.75, 3.05) is 39.4 Å². The highest BCUT2D eigenvalue weighted by Gasteiger charge is 2.30. The molecule has 0 bridgehead atoms. The van der Waals surface area contributed by atoms with Crippen molar-refractivity contribution in [3.05, 3.63) is 0 Å². The summed E-state index contributed by atoms with van der Waals surface area (Å²) in [4.78, 5) is 27.1. The van der Waals surface area contributed by atoms with Gasteiger partial charge in [-0.2, -0.15) is 0 Å². The van der Waals surface area contributed by atoms with Crippen molar-refractivity contribution in [1.29, 1.82) is 0 Å². The number of rotatable bonds is 5. The largest absolute Gasteiger partial charge is 0.481 e. The Hall–Kier alpha value is -1.34. The van der Waals surface area contributed by atoms with Gasteiger partial charge in [-0.05, 0) is 25.9 Å². The fourth-order valence-corrected chi connectivity index (χ4v) is 3.14. The van der Waals surface area contributed by atoms with Gasteiger partial charge in [-0.1, -0.05) is 6.92 Å². The molecule has 2 saturated heterocycles. The van der Waals surface area contributed by atoms with Gasteiger partial charge in [0.25, 0.3) is 0 Å². The molecule has 0 aromatic rings. The van der Waals surface area contributed by atoms with Crippen LogP contribution in [0.1, 0.15) is 26.2 Å². The van der Waals surface area contributed by atoms with E-state index in [-0.39, 0.29) is 18.5 Å². The van der Waals surface area contributed by atoms with Crippen molar-refractivity contribution in [2.24, 2.45) is 0 Å². The number of carboxylic acids is 1. The van der Waals surface area contributed by atoms with Crippen LogP contribution in [0.3, 0.4) is 0 Å². The van der Waals surface area contributed by atoms with Crippen LogP contribution in [-0.2, 0) is 9.53 Å². The predicted molar refractivity (Wildman–Crippen MR) is 77.2 cm³/mol. The zero-order chi connectivity index (χ0) is 15.2. The zero-order valence-corrected chi connectivity index (χ0v) is 12.6. The standard InChI is InChI=1S/C14H25N3O4/c1-2-16-5-3-4-11(16)9-15-14(20)17-6-7-21-10-12(17)8-13(18)19/h11-12H,2-10H2,1H3,(H,15,20)(H,18,19). The number of hydrogen-bond acceptors (Lipinski definition) is 4. The third-order valence-electron chi connectivity index (χ3n) is 4.29. The highest BCUT2D eigenvalue weighted by atomic mass is 16.5. The van der Waals surface area contributed by atoms with Crippen molar-refractivity contribution in [1.82, 2.24) is 15.1 Å². The van der Waals surface area contributed by atoms with E-state index >= 15 is 0 Å². The van der Waals surface area contributed by atoms with Crippen molar-refractivity contribution in [3.63, 3.8) is 0 Å². The van der Waals surface area contributed by atoms with Gasteiger partial charge in [-0.15, -0.1) is 0 Å². The molecule has 2 fully saturated rings. The molecule has 2 atom stereocenters. The second kappa shape index (κ2) is 7.61. The van der Waals surface area contributed by atoms with Crippen LogP contribution in [0.15, 0.2) is 0 Å². The Kier molecular flexibility index (Phi) is 5.81. The molecular formula is C14H25N3O4. The van der Waals surface area contributed by atoms with Gasteiger partial charge >= 0.3 is 12.0 Å². The molecule has 0 spiro atoms. The number of ether oxygens (including phenoxy) is 1. The molecule has 2 heterocycles. The molecule has 7 nitrogen and oxygen atoms in total. The first kappa shape index (κ1) is 16.0. The Morgan fingerprint density at radius 1 is 1.33 bits per heavy atom. The van der Waals surface area contributed by atoms with Crippen LogP contribution in [0.4, 0.5) is 4.79 Å². The lowest BCUT2D eigenvalue weighted by molar-refractivity contribution is -0.139. The van der Waals surface area contributed by atoms with E-state index in [1.807, 2.05) is 0 Å². The van der Waals surface area contributed by atoms with Crippen LogP contribution in [0.25, 0.3) is 0 Å². The maximum atomic E-state index is 12.3. The number of likely N-dealkylation sites (N-methyl/N-ethyl adjacent to an activating group) is 1. The molecule has 2 amide bonds. The third-order valence-corrected chi connectivity index (χ3v) is 4.29. The number of urea groups is 1. The summed E-state index contributed by atoms with van der Waals surface area (Å²) >= 11 is 0. The fraction of sp³-hybridized carbons (Fsp3) is 0.857. The van der Waals surface area contributed by atoms with Gasteiger partial charge in [0.2, 0.25) is 0 Å². The first-order chi connectivity index (χ1) is 10.1. The number of likely N-dealkylation sites (tertiary alicyclic amines) is 1. The van der Waals surface area contributed by atoms with Gasteiger partial charge in [0.05, 0.1) is 25.7 Å². The summed E-state index contributed by atoms with van der Waals surface area (Å²) in [5.74, 6) is -0.906. The Bertz CT molecular complexity index is 377. The van der Waals surface area contributed by atoms with Crippen molar-refractivity contribution in [2.45, 2.75) is 38.3 Å². The lowest BCUT2D eigenvalue weighted by atomic mass is 10.1. The molecular weight excluding hydrogens is 274 g/mol. The van der Waals surface area contributed by atoms with Gasteiger partial charge in [0.15, 0.2) is 0 Å². The second-order valence-electron chi connectivity index (χ2n) is 5.63. The molecule has 2 aliphatic rings. The van der Waals surface area contributed by atoms with E-state index in [2.05, 4.69) is 17.1 Å². The van der Waals surface area contributed by atoms with Crippen LogP contribution in [0.2, 0.25) is 0 Å². The van der Waals surface area contributed by atoms with Crippen LogP contribution in [0, 0.1) is 0 Å². The number of carboxylic acid groups (broad SMARTS) is 1. The Morgan fingerprint density at radius 2 is 2.14 bits per heavy atom. The Balaban J connectivity index is 1.84. The highest BCUT2D eigenvalue weighted by molar-refractivity contribution is 5.76. The fourth-order valence-electron chi connectivity index (χ4n) is 3.14. The van der Waals surface area contributed by atoms with Crippen LogP contribution >= 0.6 is 0 Å². The first-order valence-corrected chi connectivity index (χ1v) is 7.70. The minimum absolute atomic E-state index is 0.0715. The van der Waals surface area contributed by atoms with E-state index in [4.69, 9.17) is 9.84 Å². The topological polar surface area (TPSA) is 82.1 Å². The van der Waals surface area contributed by atoms with E-state index in [0.29, 0.717) is 32.3 Å². The zero-order valence-electron chi connectivity index (χ0n) is 12.6. The van der Waals surface area contributed by atoms with E-state index in [1.165, 1.54) is 6.42 Å². The molecule has 7 heteroatoms. The van der Waals surface area contributed by atoms with E-state index in [9.17, 15) is 9.59 Å². The average molecular weight is 299 g/mol. The van der Waals surface area contributed by atoms with Crippen LogP contribution < -0.4 is 5.32 Å². The monoisotopic (exact) mass is 299 g/mol. The quantitative estimate of drug-likeness (QED) is 0.766. The summed E-state index contributed by atoms with van der Waals surface area (Å²) in [5.41, 5.74) is 0. The lowest BCUT2D eigenvalue weighted by Gasteiger charge is -2.35. The predicted octanol–water partition coefficient (Wildman–Crippen LogP) is 0.356. The number of amides is 2. The maximum absolute atomic E-state index is 12.3. The van der Waals surface area contributed by atoms with Crippen LogP contribution in [-0.4, -0.2) is 78.4 Å².